The molecule has 0 fully saturated rings. The SMILES string of the molecule is CCCCc1ccc(OCC(=O)Nc2cccc(Cl)c2C)cc1. The van der Waals surface area contributed by atoms with Crippen LogP contribution >= 0.6 is 11.6 Å². The van der Waals surface area contributed by atoms with Gasteiger partial charge in [-0.2, -0.15) is 0 Å². The largest absolute Gasteiger partial charge is 0.484 e. The van der Waals surface area contributed by atoms with Gasteiger partial charge < -0.3 is 10.1 Å². The first-order valence-electron chi connectivity index (χ1n) is 7.87. The van der Waals surface area contributed by atoms with Gasteiger partial charge >= 0.3 is 0 Å². The standard InChI is InChI=1S/C19H22ClNO2/c1-3-4-6-15-9-11-16(12-10-15)23-13-19(22)21-18-8-5-7-17(20)14(18)2/h5,7-12H,3-4,6,13H2,1-2H3,(H,21,22). The van der Waals surface area contributed by atoms with Crippen LogP contribution in [0.5, 0.6) is 5.75 Å². The van der Waals surface area contributed by atoms with Crippen molar-refractivity contribution in [2.24, 2.45) is 0 Å². The highest BCUT2D eigenvalue weighted by atomic mass is 35.5. The molecule has 0 spiro atoms. The van der Waals surface area contributed by atoms with E-state index in [1.54, 1.807) is 12.1 Å². The Bertz CT molecular complexity index is 653. The molecular weight excluding hydrogens is 310 g/mol. The zero-order chi connectivity index (χ0) is 16.7. The number of carbonyl (C=O) groups excluding carboxylic acids is 1. The van der Waals surface area contributed by atoms with Crippen molar-refractivity contribution in [3.63, 3.8) is 0 Å². The topological polar surface area (TPSA) is 38.3 Å². The Morgan fingerprint density at radius 2 is 1.91 bits per heavy atom. The molecule has 0 aliphatic heterocycles. The summed E-state index contributed by atoms with van der Waals surface area (Å²) in [4.78, 5) is 12.0. The minimum atomic E-state index is -0.203. The number of nitrogens with one attached hydrogen (secondary N) is 1. The summed E-state index contributed by atoms with van der Waals surface area (Å²) in [6, 6.07) is 13.3. The highest BCUT2D eigenvalue weighted by molar-refractivity contribution is 6.31. The van der Waals surface area contributed by atoms with Crippen molar-refractivity contribution < 1.29 is 9.53 Å². The molecule has 0 heterocycles. The molecule has 0 aliphatic carbocycles. The quantitative estimate of drug-likeness (QED) is 0.774. The lowest BCUT2D eigenvalue weighted by Gasteiger charge is -2.10. The van der Waals surface area contributed by atoms with Crippen LogP contribution in [0.15, 0.2) is 42.5 Å². The van der Waals surface area contributed by atoms with E-state index in [2.05, 4.69) is 12.2 Å². The molecule has 0 aliphatic rings. The third-order valence-corrected chi connectivity index (χ3v) is 4.06. The lowest BCUT2D eigenvalue weighted by atomic mass is 10.1. The molecule has 0 atom stereocenters. The average molecular weight is 332 g/mol. The fourth-order valence-corrected chi connectivity index (χ4v) is 2.39. The van der Waals surface area contributed by atoms with Crippen LogP contribution in [0.3, 0.4) is 0 Å². The number of ether oxygens (including phenoxy) is 1. The minimum absolute atomic E-state index is 0.0275. The number of hydrogen-bond donors (Lipinski definition) is 1. The third kappa shape index (κ3) is 5.29. The number of rotatable bonds is 7. The molecule has 2 rings (SSSR count). The van der Waals surface area contributed by atoms with Crippen molar-refractivity contribution in [1.82, 2.24) is 0 Å². The van der Waals surface area contributed by atoms with E-state index in [1.807, 2.05) is 37.3 Å². The monoisotopic (exact) mass is 331 g/mol. The molecule has 23 heavy (non-hydrogen) atoms. The third-order valence-electron chi connectivity index (χ3n) is 3.65. The molecule has 0 saturated heterocycles. The molecule has 0 unspecified atom stereocenters. The molecule has 4 heteroatoms. The second-order valence-electron chi connectivity index (χ2n) is 5.50. The van der Waals surface area contributed by atoms with E-state index in [1.165, 1.54) is 18.4 Å². The minimum Gasteiger partial charge on any atom is -0.484 e. The summed E-state index contributed by atoms with van der Waals surface area (Å²) in [6.07, 6.45) is 3.44. The summed E-state index contributed by atoms with van der Waals surface area (Å²) in [5, 5.41) is 3.44. The summed E-state index contributed by atoms with van der Waals surface area (Å²) in [5.74, 6) is 0.494. The predicted molar refractivity (Wildman–Crippen MR) is 95.4 cm³/mol. The zero-order valence-corrected chi connectivity index (χ0v) is 14.3. The van der Waals surface area contributed by atoms with Crippen LogP contribution in [0.4, 0.5) is 5.69 Å². The molecule has 0 aromatic heterocycles. The van der Waals surface area contributed by atoms with Crippen LogP contribution in [-0.2, 0) is 11.2 Å². The summed E-state index contributed by atoms with van der Waals surface area (Å²) >= 11 is 6.04. The van der Waals surface area contributed by atoms with Gasteiger partial charge in [0.15, 0.2) is 6.61 Å². The van der Waals surface area contributed by atoms with Crippen molar-refractivity contribution in [3.8, 4) is 5.75 Å². The van der Waals surface area contributed by atoms with Crippen molar-refractivity contribution in [1.29, 1.82) is 0 Å². The van der Waals surface area contributed by atoms with Gasteiger partial charge in [-0.05, 0) is 55.2 Å². The molecule has 1 amide bonds. The van der Waals surface area contributed by atoms with Crippen LogP contribution in [0.1, 0.15) is 30.9 Å². The second kappa shape index (κ2) is 8.59. The molecule has 0 radical (unpaired) electrons. The maximum atomic E-state index is 12.0. The van der Waals surface area contributed by atoms with E-state index >= 15 is 0 Å². The van der Waals surface area contributed by atoms with E-state index in [4.69, 9.17) is 16.3 Å². The van der Waals surface area contributed by atoms with E-state index < -0.39 is 0 Å². The summed E-state index contributed by atoms with van der Waals surface area (Å²) in [6.45, 7) is 4.02. The van der Waals surface area contributed by atoms with Gasteiger partial charge in [-0.15, -0.1) is 0 Å². The van der Waals surface area contributed by atoms with Crippen molar-refractivity contribution in [2.75, 3.05) is 11.9 Å². The van der Waals surface area contributed by atoms with Crippen LogP contribution in [-0.4, -0.2) is 12.5 Å². The lowest BCUT2D eigenvalue weighted by molar-refractivity contribution is -0.118. The normalized spacial score (nSPS) is 10.4. The maximum Gasteiger partial charge on any atom is 0.262 e. The smallest absolute Gasteiger partial charge is 0.262 e. The number of benzene rings is 2. The maximum absolute atomic E-state index is 12.0. The first-order valence-corrected chi connectivity index (χ1v) is 8.24. The second-order valence-corrected chi connectivity index (χ2v) is 5.90. The van der Waals surface area contributed by atoms with Gasteiger partial charge in [-0.1, -0.05) is 43.1 Å². The Morgan fingerprint density at radius 3 is 2.61 bits per heavy atom. The van der Waals surface area contributed by atoms with Gasteiger partial charge in [0.1, 0.15) is 5.75 Å². The van der Waals surface area contributed by atoms with Gasteiger partial charge in [0, 0.05) is 10.7 Å². The molecule has 2 aromatic carbocycles. The Labute approximate surface area is 142 Å². The van der Waals surface area contributed by atoms with Crippen LogP contribution in [0.25, 0.3) is 0 Å². The molecule has 0 saturated carbocycles. The summed E-state index contributed by atoms with van der Waals surface area (Å²) in [5.41, 5.74) is 2.85. The van der Waals surface area contributed by atoms with Crippen molar-refractivity contribution >= 4 is 23.2 Å². The molecule has 2 aromatic rings. The number of aryl methyl sites for hydroxylation is 1. The Kier molecular flexibility index (Phi) is 6.48. The van der Waals surface area contributed by atoms with E-state index in [-0.39, 0.29) is 12.5 Å². The molecule has 1 N–H and O–H groups in total. The van der Waals surface area contributed by atoms with Crippen molar-refractivity contribution in [3.05, 3.63) is 58.6 Å². The number of hydrogen-bond acceptors (Lipinski definition) is 2. The van der Waals surface area contributed by atoms with Crippen molar-refractivity contribution in [2.45, 2.75) is 33.1 Å². The lowest BCUT2D eigenvalue weighted by Crippen LogP contribution is -2.20. The number of carbonyl (C=O) groups is 1. The fraction of sp³-hybridized carbons (Fsp3) is 0.316. The summed E-state index contributed by atoms with van der Waals surface area (Å²) in [7, 11) is 0. The first kappa shape index (κ1) is 17.4. The predicted octanol–water partition coefficient (Wildman–Crippen LogP) is 5.01. The number of unbranched alkanes of at least 4 members (excludes halogenated alkanes) is 1. The fourth-order valence-electron chi connectivity index (χ4n) is 2.21. The van der Waals surface area contributed by atoms with Crippen LogP contribution in [0.2, 0.25) is 5.02 Å². The zero-order valence-electron chi connectivity index (χ0n) is 13.6. The Morgan fingerprint density at radius 1 is 1.17 bits per heavy atom. The number of halogens is 1. The average Bonchev–Trinajstić information content (AvgIpc) is 2.56. The van der Waals surface area contributed by atoms with Gasteiger partial charge in [-0.25, -0.2) is 0 Å². The first-order chi connectivity index (χ1) is 11.1. The Balaban J connectivity index is 1.85. The van der Waals surface area contributed by atoms with Crippen LogP contribution < -0.4 is 10.1 Å². The van der Waals surface area contributed by atoms with E-state index in [9.17, 15) is 4.79 Å². The highest BCUT2D eigenvalue weighted by Gasteiger charge is 2.07. The van der Waals surface area contributed by atoms with E-state index in [0.29, 0.717) is 16.5 Å². The number of amides is 1. The molecule has 3 nitrogen and oxygen atoms in total. The van der Waals surface area contributed by atoms with E-state index in [0.717, 1.165) is 12.0 Å². The van der Waals surface area contributed by atoms with Gasteiger partial charge in [-0.3, -0.25) is 4.79 Å². The van der Waals surface area contributed by atoms with Gasteiger partial charge in [0.2, 0.25) is 0 Å². The summed E-state index contributed by atoms with van der Waals surface area (Å²) < 4.78 is 5.52. The molecular formula is C19H22ClNO2. The molecule has 122 valence electrons. The van der Waals surface area contributed by atoms with Gasteiger partial charge in [0.05, 0.1) is 0 Å². The molecule has 0 bridgehead atoms. The number of anilines is 1. The highest BCUT2D eigenvalue weighted by Crippen LogP contribution is 2.22. The van der Waals surface area contributed by atoms with Crippen LogP contribution in [0, 0.1) is 6.92 Å². The Hall–Kier alpha value is -2.00. The van der Waals surface area contributed by atoms with Gasteiger partial charge in [0.25, 0.3) is 5.91 Å².